The van der Waals surface area contributed by atoms with Crippen LogP contribution in [-0.2, 0) is 0 Å². The molecule has 0 bridgehead atoms. The number of halogens is 2. The molecule has 3 N–H and O–H groups in total. The number of nitrogens with two attached hydrogens (primary N) is 1. The van der Waals surface area contributed by atoms with Crippen LogP contribution in [0.1, 0.15) is 5.56 Å². The van der Waals surface area contributed by atoms with Gasteiger partial charge in [0.2, 0.25) is 0 Å². The van der Waals surface area contributed by atoms with Crippen LogP contribution in [0, 0.1) is 3.57 Å². The highest BCUT2D eigenvalue weighted by Gasteiger charge is 2.13. The minimum atomic E-state index is 0.0398. The summed E-state index contributed by atoms with van der Waals surface area (Å²) in [6.07, 6.45) is 3.59. The van der Waals surface area contributed by atoms with E-state index >= 15 is 0 Å². The predicted molar refractivity (Wildman–Crippen MR) is 76.5 cm³/mol. The van der Waals surface area contributed by atoms with E-state index in [2.05, 4.69) is 48.8 Å². The van der Waals surface area contributed by atoms with Crippen LogP contribution < -0.4 is 5.73 Å². The Balaban J connectivity index is 2.66. The second kappa shape index (κ2) is 5.05. The number of benzene rings is 1. The van der Waals surface area contributed by atoms with E-state index < -0.39 is 0 Å². The zero-order chi connectivity index (χ0) is 12.4. The maximum atomic E-state index is 8.80. The van der Waals surface area contributed by atoms with Crippen LogP contribution in [0.4, 0.5) is 0 Å². The molecule has 0 radical (unpaired) electrons. The zero-order valence-electron chi connectivity index (χ0n) is 8.51. The van der Waals surface area contributed by atoms with Gasteiger partial charge >= 0.3 is 0 Å². The van der Waals surface area contributed by atoms with E-state index in [4.69, 9.17) is 10.9 Å². The molecule has 0 spiro atoms. The monoisotopic (exact) mass is 406 g/mol. The van der Waals surface area contributed by atoms with Crippen LogP contribution in [-0.4, -0.2) is 20.8 Å². The SMILES string of the molecule is N/C(=N/O)c1c(Br)cccc1-n1cc(I)cn1. The number of aromatic nitrogens is 2. The molecule has 7 heteroatoms. The molecule has 0 fully saturated rings. The van der Waals surface area contributed by atoms with Gasteiger partial charge in [0.05, 0.1) is 21.0 Å². The molecule has 1 aromatic heterocycles. The highest BCUT2D eigenvalue weighted by atomic mass is 127. The zero-order valence-corrected chi connectivity index (χ0v) is 12.3. The van der Waals surface area contributed by atoms with Gasteiger partial charge in [0.25, 0.3) is 0 Å². The first kappa shape index (κ1) is 12.4. The number of amidine groups is 1. The average molecular weight is 407 g/mol. The average Bonchev–Trinajstić information content (AvgIpc) is 2.74. The molecular formula is C10H8BrIN4O. The van der Waals surface area contributed by atoms with Crippen LogP contribution in [0.5, 0.6) is 0 Å². The number of rotatable bonds is 2. The van der Waals surface area contributed by atoms with Crippen LogP contribution >= 0.6 is 38.5 Å². The molecule has 5 nitrogen and oxygen atoms in total. The van der Waals surface area contributed by atoms with Crippen molar-refractivity contribution in [2.75, 3.05) is 0 Å². The van der Waals surface area contributed by atoms with E-state index in [0.717, 1.165) is 13.7 Å². The van der Waals surface area contributed by atoms with Crippen molar-refractivity contribution in [3.05, 3.63) is 44.2 Å². The lowest BCUT2D eigenvalue weighted by atomic mass is 10.1. The third-order valence-corrected chi connectivity index (χ3v) is 3.37. The standard InChI is InChI=1S/C10H8BrIN4O/c11-7-2-1-3-8(9(7)10(13)15-17)16-5-6(12)4-14-16/h1-5,17H,(H2,13,15). The van der Waals surface area contributed by atoms with Gasteiger partial charge in [-0.05, 0) is 50.7 Å². The van der Waals surface area contributed by atoms with Crippen LogP contribution in [0.2, 0.25) is 0 Å². The highest BCUT2D eigenvalue weighted by molar-refractivity contribution is 14.1. The summed E-state index contributed by atoms with van der Waals surface area (Å²) in [6.45, 7) is 0. The molecule has 2 aromatic rings. The molecular weight excluding hydrogens is 399 g/mol. The van der Waals surface area contributed by atoms with Gasteiger partial charge in [-0.15, -0.1) is 0 Å². The van der Waals surface area contributed by atoms with Gasteiger partial charge in [-0.25, -0.2) is 4.68 Å². The maximum Gasteiger partial charge on any atom is 0.173 e. The molecule has 0 aliphatic carbocycles. The normalized spacial score (nSPS) is 11.8. The Labute approximate surface area is 120 Å². The van der Waals surface area contributed by atoms with Crippen molar-refractivity contribution in [3.8, 4) is 5.69 Å². The van der Waals surface area contributed by atoms with Crippen LogP contribution in [0.3, 0.4) is 0 Å². The molecule has 0 amide bonds. The molecule has 0 atom stereocenters. The molecule has 17 heavy (non-hydrogen) atoms. The summed E-state index contributed by atoms with van der Waals surface area (Å²) < 4.78 is 3.43. The lowest BCUT2D eigenvalue weighted by Gasteiger charge is -2.09. The first-order valence-electron chi connectivity index (χ1n) is 4.60. The molecule has 0 saturated carbocycles. The Kier molecular flexibility index (Phi) is 3.67. The lowest BCUT2D eigenvalue weighted by Crippen LogP contribution is -2.17. The summed E-state index contributed by atoms with van der Waals surface area (Å²) in [6, 6.07) is 5.54. The number of hydrogen-bond acceptors (Lipinski definition) is 3. The van der Waals surface area contributed by atoms with Crippen molar-refractivity contribution in [1.29, 1.82) is 0 Å². The topological polar surface area (TPSA) is 76.4 Å². The Morgan fingerprint density at radius 1 is 1.53 bits per heavy atom. The maximum absolute atomic E-state index is 8.80. The van der Waals surface area contributed by atoms with Crippen LogP contribution in [0.25, 0.3) is 5.69 Å². The van der Waals surface area contributed by atoms with Gasteiger partial charge in [-0.2, -0.15) is 5.10 Å². The Bertz CT molecular complexity index is 581. The van der Waals surface area contributed by atoms with Crippen molar-refractivity contribution in [3.63, 3.8) is 0 Å². The largest absolute Gasteiger partial charge is 0.409 e. The number of nitrogens with zero attached hydrogens (tertiary/aromatic N) is 3. The van der Waals surface area contributed by atoms with E-state index in [0.29, 0.717) is 5.56 Å². The predicted octanol–water partition coefficient (Wildman–Crippen LogP) is 2.33. The summed E-state index contributed by atoms with van der Waals surface area (Å²) >= 11 is 5.55. The van der Waals surface area contributed by atoms with E-state index in [1.807, 2.05) is 24.4 Å². The minimum absolute atomic E-state index is 0.0398. The van der Waals surface area contributed by atoms with Gasteiger partial charge in [-0.3, -0.25) is 0 Å². The summed E-state index contributed by atoms with van der Waals surface area (Å²) in [5.41, 5.74) is 7.02. The molecule has 0 unspecified atom stereocenters. The fourth-order valence-electron chi connectivity index (χ4n) is 1.44. The third-order valence-electron chi connectivity index (χ3n) is 2.15. The summed E-state index contributed by atoms with van der Waals surface area (Å²) in [5.74, 6) is 0.0398. The van der Waals surface area contributed by atoms with E-state index in [-0.39, 0.29) is 5.84 Å². The quantitative estimate of drug-likeness (QED) is 0.264. The summed E-state index contributed by atoms with van der Waals surface area (Å²) in [7, 11) is 0. The second-order valence-corrected chi connectivity index (χ2v) is 5.32. The molecule has 1 aromatic carbocycles. The molecule has 0 aliphatic heterocycles. The minimum Gasteiger partial charge on any atom is -0.409 e. The van der Waals surface area contributed by atoms with Crippen LogP contribution in [0.15, 0.2) is 40.2 Å². The second-order valence-electron chi connectivity index (χ2n) is 3.22. The van der Waals surface area contributed by atoms with E-state index in [9.17, 15) is 0 Å². The molecule has 0 saturated heterocycles. The van der Waals surface area contributed by atoms with E-state index in [1.54, 1.807) is 10.9 Å². The Morgan fingerprint density at radius 3 is 2.88 bits per heavy atom. The Morgan fingerprint density at radius 2 is 2.29 bits per heavy atom. The van der Waals surface area contributed by atoms with Crippen molar-refractivity contribution in [1.82, 2.24) is 9.78 Å². The lowest BCUT2D eigenvalue weighted by molar-refractivity contribution is 0.318. The molecule has 1 heterocycles. The van der Waals surface area contributed by atoms with Gasteiger partial charge in [-0.1, -0.05) is 11.2 Å². The van der Waals surface area contributed by atoms with Gasteiger partial charge < -0.3 is 10.9 Å². The van der Waals surface area contributed by atoms with Crippen molar-refractivity contribution in [2.24, 2.45) is 10.9 Å². The fraction of sp³-hybridized carbons (Fsp3) is 0. The first-order chi connectivity index (χ1) is 8.13. The van der Waals surface area contributed by atoms with Gasteiger partial charge in [0.1, 0.15) is 0 Å². The molecule has 2 rings (SSSR count). The van der Waals surface area contributed by atoms with Crippen molar-refractivity contribution in [2.45, 2.75) is 0 Å². The highest BCUT2D eigenvalue weighted by Crippen LogP contribution is 2.23. The Hall–Kier alpha value is -1.09. The first-order valence-corrected chi connectivity index (χ1v) is 6.47. The van der Waals surface area contributed by atoms with Crippen molar-refractivity contribution < 1.29 is 5.21 Å². The summed E-state index contributed by atoms with van der Waals surface area (Å²) in [5, 5.41) is 16.0. The number of oxime groups is 1. The van der Waals surface area contributed by atoms with Gasteiger partial charge in [0.15, 0.2) is 5.84 Å². The smallest absolute Gasteiger partial charge is 0.173 e. The molecule has 0 aliphatic rings. The fourth-order valence-corrected chi connectivity index (χ4v) is 2.39. The van der Waals surface area contributed by atoms with E-state index in [1.165, 1.54) is 0 Å². The molecule has 88 valence electrons. The van der Waals surface area contributed by atoms with Crippen molar-refractivity contribution >= 4 is 44.4 Å². The third kappa shape index (κ3) is 2.44. The number of hydrogen-bond donors (Lipinski definition) is 2. The van der Waals surface area contributed by atoms with Gasteiger partial charge in [0, 0.05) is 10.7 Å². The summed E-state index contributed by atoms with van der Waals surface area (Å²) in [4.78, 5) is 0.